The number of carbonyl (C=O) groups excluding carboxylic acids is 2. The fourth-order valence-corrected chi connectivity index (χ4v) is 2.44. The maximum atomic E-state index is 12.4. The Bertz CT molecular complexity index is 803. The highest BCUT2D eigenvalue weighted by Gasteiger charge is 2.15. The fraction of sp³-hybridized carbons (Fsp3) is 0.333. The van der Waals surface area contributed by atoms with Gasteiger partial charge >= 0.3 is 0 Å². The lowest BCUT2D eigenvalue weighted by molar-refractivity contribution is -0.128. The molecule has 0 bridgehead atoms. The van der Waals surface area contributed by atoms with E-state index in [1.807, 2.05) is 0 Å². The lowest BCUT2D eigenvalue weighted by Gasteiger charge is -2.14. The Kier molecular flexibility index (Phi) is 5.49. The molecule has 0 spiro atoms. The Morgan fingerprint density at radius 3 is 2.83 bits per heavy atom. The molecular weight excluding hydrogens is 364 g/mol. The van der Waals surface area contributed by atoms with E-state index >= 15 is 0 Å². The Morgan fingerprint density at radius 2 is 2.13 bits per heavy atom. The molecule has 0 aliphatic heterocycles. The number of hydrogen-bond acceptors (Lipinski definition) is 4. The van der Waals surface area contributed by atoms with Crippen LogP contribution < -0.4 is 16.2 Å². The van der Waals surface area contributed by atoms with E-state index < -0.39 is 11.9 Å². The maximum Gasteiger partial charge on any atom is 0.261 e. The summed E-state index contributed by atoms with van der Waals surface area (Å²) < 4.78 is 1.98. The van der Waals surface area contributed by atoms with Crippen molar-refractivity contribution in [3.05, 3.63) is 39.4 Å². The molecule has 2 aromatic rings. The summed E-state index contributed by atoms with van der Waals surface area (Å²) in [4.78, 5) is 40.1. The molecule has 0 saturated heterocycles. The van der Waals surface area contributed by atoms with E-state index in [0.29, 0.717) is 17.4 Å². The number of nitrogens with one attached hydrogen (secondary N) is 2. The molecule has 1 aromatic carbocycles. The van der Waals surface area contributed by atoms with Gasteiger partial charge in [0.2, 0.25) is 11.8 Å². The number of fused-ring (bicyclic) bond motifs is 1. The summed E-state index contributed by atoms with van der Waals surface area (Å²) in [5.74, 6) is -0.698. The zero-order valence-corrected chi connectivity index (χ0v) is 14.4. The van der Waals surface area contributed by atoms with Gasteiger partial charge in [0, 0.05) is 11.0 Å². The second kappa shape index (κ2) is 7.36. The van der Waals surface area contributed by atoms with Crippen LogP contribution in [0.4, 0.5) is 0 Å². The largest absolute Gasteiger partial charge is 0.355 e. The topological polar surface area (TPSA) is 93.1 Å². The highest BCUT2D eigenvalue weighted by Crippen LogP contribution is 2.14. The number of hydrogen-bond donors (Lipinski definition) is 2. The van der Waals surface area contributed by atoms with Gasteiger partial charge in [0.15, 0.2) is 0 Å². The van der Waals surface area contributed by atoms with Crippen LogP contribution >= 0.6 is 15.9 Å². The maximum absolute atomic E-state index is 12.4. The summed E-state index contributed by atoms with van der Waals surface area (Å²) in [7, 11) is 0. The van der Waals surface area contributed by atoms with E-state index in [0.717, 1.165) is 4.47 Å². The Balaban J connectivity index is 2.15. The second-order valence-electron chi connectivity index (χ2n) is 5.02. The lowest BCUT2D eigenvalue weighted by atomic mass is 10.2. The molecule has 0 aliphatic rings. The van der Waals surface area contributed by atoms with Crippen molar-refractivity contribution < 1.29 is 9.59 Å². The third-order valence-corrected chi connectivity index (χ3v) is 3.72. The van der Waals surface area contributed by atoms with Crippen LogP contribution in [0.2, 0.25) is 0 Å². The van der Waals surface area contributed by atoms with Gasteiger partial charge < -0.3 is 10.6 Å². The van der Waals surface area contributed by atoms with E-state index in [2.05, 4.69) is 31.5 Å². The molecule has 122 valence electrons. The number of amides is 2. The first-order valence-corrected chi connectivity index (χ1v) is 7.93. The fourth-order valence-electron chi connectivity index (χ4n) is 2.08. The van der Waals surface area contributed by atoms with Gasteiger partial charge in [-0.05, 0) is 32.0 Å². The average molecular weight is 381 g/mol. The van der Waals surface area contributed by atoms with E-state index in [-0.39, 0.29) is 18.0 Å². The van der Waals surface area contributed by atoms with E-state index in [1.165, 1.54) is 10.9 Å². The number of benzene rings is 1. The monoisotopic (exact) mass is 380 g/mol. The molecule has 0 unspecified atom stereocenters. The minimum Gasteiger partial charge on any atom is -0.355 e. The Morgan fingerprint density at radius 1 is 1.39 bits per heavy atom. The van der Waals surface area contributed by atoms with Crippen molar-refractivity contribution in [3.8, 4) is 0 Å². The molecule has 23 heavy (non-hydrogen) atoms. The van der Waals surface area contributed by atoms with Crippen LogP contribution in [0.15, 0.2) is 33.8 Å². The van der Waals surface area contributed by atoms with Gasteiger partial charge in [-0.25, -0.2) is 4.98 Å². The van der Waals surface area contributed by atoms with Gasteiger partial charge in [-0.1, -0.05) is 15.9 Å². The van der Waals surface area contributed by atoms with Gasteiger partial charge in [0.1, 0.15) is 12.6 Å². The number of likely N-dealkylation sites (N-methyl/N-ethyl adjacent to an activating group) is 1. The van der Waals surface area contributed by atoms with Crippen LogP contribution in [0, 0.1) is 0 Å². The number of halogens is 1. The first-order valence-electron chi connectivity index (χ1n) is 7.14. The second-order valence-corrected chi connectivity index (χ2v) is 5.94. The van der Waals surface area contributed by atoms with E-state index in [9.17, 15) is 14.4 Å². The van der Waals surface area contributed by atoms with Gasteiger partial charge in [-0.2, -0.15) is 0 Å². The van der Waals surface area contributed by atoms with E-state index in [4.69, 9.17) is 0 Å². The normalized spacial score (nSPS) is 12.0. The van der Waals surface area contributed by atoms with Crippen molar-refractivity contribution in [2.75, 3.05) is 6.54 Å². The summed E-state index contributed by atoms with van der Waals surface area (Å²) in [5, 5.41) is 5.59. The number of nitrogens with zero attached hydrogens (tertiary/aromatic N) is 2. The smallest absolute Gasteiger partial charge is 0.261 e. The standard InChI is InChI=1S/C15H17BrN4O3/c1-3-17-14(22)9(2)19-13(21)7-20-8-18-12-5-4-10(16)6-11(12)15(20)23/h4-6,8-9H,3,7H2,1-2H3,(H,17,22)(H,19,21)/t9-/m1/s1. The molecule has 0 radical (unpaired) electrons. The molecular formula is C15H17BrN4O3. The van der Waals surface area contributed by atoms with Crippen LogP contribution in [0.1, 0.15) is 13.8 Å². The Labute approximate surface area is 141 Å². The van der Waals surface area contributed by atoms with E-state index in [1.54, 1.807) is 32.0 Å². The average Bonchev–Trinajstić information content (AvgIpc) is 2.50. The van der Waals surface area contributed by atoms with Gasteiger partial charge in [-0.15, -0.1) is 0 Å². The minimum atomic E-state index is -0.666. The summed E-state index contributed by atoms with van der Waals surface area (Å²) in [6, 6.07) is 4.51. The third kappa shape index (κ3) is 4.16. The molecule has 1 atom stereocenters. The molecule has 0 aliphatic carbocycles. The third-order valence-electron chi connectivity index (χ3n) is 3.22. The van der Waals surface area contributed by atoms with Gasteiger partial charge in [-0.3, -0.25) is 19.0 Å². The molecule has 1 heterocycles. The molecule has 8 heteroatoms. The number of rotatable bonds is 5. The highest BCUT2D eigenvalue weighted by molar-refractivity contribution is 9.10. The van der Waals surface area contributed by atoms with Crippen molar-refractivity contribution in [3.63, 3.8) is 0 Å². The quantitative estimate of drug-likeness (QED) is 0.802. The first kappa shape index (κ1) is 17.1. The van der Waals surface area contributed by atoms with Crippen LogP contribution in [0.5, 0.6) is 0 Å². The van der Waals surface area contributed by atoms with Crippen molar-refractivity contribution in [2.45, 2.75) is 26.4 Å². The van der Waals surface area contributed by atoms with Crippen molar-refractivity contribution in [1.29, 1.82) is 0 Å². The zero-order valence-electron chi connectivity index (χ0n) is 12.8. The summed E-state index contributed by atoms with van der Waals surface area (Å²) in [6.45, 7) is 3.67. The van der Waals surface area contributed by atoms with Crippen LogP contribution in [-0.4, -0.2) is 34.0 Å². The molecule has 0 fully saturated rings. The minimum absolute atomic E-state index is 0.196. The molecule has 1 aromatic heterocycles. The van der Waals surface area contributed by atoms with Crippen molar-refractivity contribution >= 4 is 38.6 Å². The van der Waals surface area contributed by atoms with Gasteiger partial charge in [0.05, 0.1) is 17.2 Å². The highest BCUT2D eigenvalue weighted by atomic mass is 79.9. The van der Waals surface area contributed by atoms with Crippen molar-refractivity contribution in [1.82, 2.24) is 20.2 Å². The molecule has 0 saturated carbocycles. The molecule has 7 nitrogen and oxygen atoms in total. The number of carbonyl (C=O) groups is 2. The van der Waals surface area contributed by atoms with Gasteiger partial charge in [0.25, 0.3) is 5.56 Å². The molecule has 2 rings (SSSR count). The van der Waals surface area contributed by atoms with Crippen LogP contribution in [0.25, 0.3) is 10.9 Å². The molecule has 2 N–H and O–H groups in total. The van der Waals surface area contributed by atoms with Crippen LogP contribution in [0.3, 0.4) is 0 Å². The predicted molar refractivity (Wildman–Crippen MR) is 90.0 cm³/mol. The Hall–Kier alpha value is -2.22. The summed E-state index contributed by atoms with van der Waals surface area (Å²) in [5.41, 5.74) is 0.252. The predicted octanol–water partition coefficient (Wildman–Crippen LogP) is 0.800. The first-order chi connectivity index (χ1) is 10.9. The lowest BCUT2D eigenvalue weighted by Crippen LogP contribution is -2.46. The molecule has 2 amide bonds. The zero-order chi connectivity index (χ0) is 17.0. The number of aromatic nitrogens is 2. The summed E-state index contributed by atoms with van der Waals surface area (Å²) in [6.07, 6.45) is 1.33. The SMILES string of the molecule is CCNC(=O)[C@@H](C)NC(=O)Cn1cnc2ccc(Br)cc2c1=O. The van der Waals surface area contributed by atoms with Crippen LogP contribution in [-0.2, 0) is 16.1 Å². The summed E-state index contributed by atoms with van der Waals surface area (Å²) >= 11 is 3.31. The van der Waals surface area contributed by atoms with Crippen molar-refractivity contribution in [2.24, 2.45) is 0 Å².